The van der Waals surface area contributed by atoms with Gasteiger partial charge in [-0.3, -0.25) is 15.0 Å². The van der Waals surface area contributed by atoms with Crippen LogP contribution in [0.25, 0.3) is 21.8 Å². The van der Waals surface area contributed by atoms with Crippen LogP contribution in [0.3, 0.4) is 0 Å². The molecule has 0 spiro atoms. The van der Waals surface area contributed by atoms with E-state index in [1.54, 1.807) is 12.1 Å². The first kappa shape index (κ1) is 22.7. The Bertz CT molecular complexity index is 1410. The van der Waals surface area contributed by atoms with Crippen LogP contribution in [0.5, 0.6) is 0 Å². The van der Waals surface area contributed by atoms with Crippen LogP contribution in [-0.2, 0) is 11.3 Å². The van der Waals surface area contributed by atoms with Crippen LogP contribution in [-0.4, -0.2) is 33.9 Å². The molecule has 1 amide bonds. The van der Waals surface area contributed by atoms with Gasteiger partial charge >= 0.3 is 5.97 Å². The zero-order valence-electron chi connectivity index (χ0n) is 18.4. The van der Waals surface area contributed by atoms with Crippen molar-refractivity contribution in [2.45, 2.75) is 19.4 Å². The molecule has 1 heterocycles. The first-order valence-corrected chi connectivity index (χ1v) is 10.8. The van der Waals surface area contributed by atoms with Gasteiger partial charge in [0, 0.05) is 52.4 Å². The van der Waals surface area contributed by atoms with Crippen molar-refractivity contribution in [2.75, 3.05) is 6.54 Å². The lowest BCUT2D eigenvalue weighted by Gasteiger charge is -2.09. The summed E-state index contributed by atoms with van der Waals surface area (Å²) in [4.78, 5) is 22.9. The number of fused-ring (bicyclic) bond motifs is 3. The Morgan fingerprint density at radius 2 is 1.68 bits per heavy atom. The minimum Gasteiger partial charge on any atom is -0.481 e. The number of benzene rings is 3. The van der Waals surface area contributed by atoms with Gasteiger partial charge in [-0.25, -0.2) is 0 Å². The van der Waals surface area contributed by atoms with E-state index >= 15 is 0 Å². The number of carbonyl (C=O) groups excluding carboxylic acids is 1. The van der Waals surface area contributed by atoms with Gasteiger partial charge in [-0.15, -0.1) is 5.11 Å². The second kappa shape index (κ2) is 9.95. The van der Waals surface area contributed by atoms with E-state index < -0.39 is 5.97 Å². The molecule has 0 aliphatic rings. The summed E-state index contributed by atoms with van der Waals surface area (Å²) in [6.45, 7) is 0.921. The molecule has 3 aromatic carbocycles. The second-order valence-corrected chi connectivity index (χ2v) is 7.85. The fourth-order valence-electron chi connectivity index (χ4n) is 3.97. The van der Waals surface area contributed by atoms with Gasteiger partial charge in [0.1, 0.15) is 0 Å². The number of amides is 1. The van der Waals surface area contributed by atoms with Crippen molar-refractivity contribution in [3.05, 3.63) is 83.4 Å². The molecule has 172 valence electrons. The summed E-state index contributed by atoms with van der Waals surface area (Å²) in [5.74, 6) is 4.00. The molecule has 0 saturated heterocycles. The molecule has 0 aliphatic heterocycles. The summed E-state index contributed by atoms with van der Waals surface area (Å²) in [5, 5.41) is 28.4. The van der Waals surface area contributed by atoms with E-state index in [0.717, 1.165) is 27.4 Å². The molecular formula is C25H24N6O3. The number of hydrogen-bond donors (Lipinski definition) is 4. The number of aromatic nitrogens is 1. The van der Waals surface area contributed by atoms with Crippen LogP contribution in [0.15, 0.2) is 77.1 Å². The summed E-state index contributed by atoms with van der Waals surface area (Å²) >= 11 is 0. The lowest BCUT2D eigenvalue weighted by molar-refractivity contribution is -0.137. The van der Waals surface area contributed by atoms with Gasteiger partial charge in [0.15, 0.2) is 5.84 Å². The summed E-state index contributed by atoms with van der Waals surface area (Å²) in [5.41, 5.74) is 4.25. The van der Waals surface area contributed by atoms with Gasteiger partial charge < -0.3 is 20.8 Å². The highest BCUT2D eigenvalue weighted by molar-refractivity contribution is 6.11. The standard InChI is InChI=1S/C25H24N6O3/c26-24(29-30-27)18-11-12-22-20(14-18)19-4-1-2-5-21(19)31(22)15-16-7-9-17(10-8-16)25(34)28-13-3-6-23(32)33/h1-2,4-5,7-12,14H,3,6,13,15H2,(H,28,34)(H,32,33)(H3,26,27,29). The molecule has 1 aromatic heterocycles. The maximum atomic E-state index is 12.3. The largest absolute Gasteiger partial charge is 0.481 e. The van der Waals surface area contributed by atoms with Gasteiger partial charge in [-0.1, -0.05) is 35.6 Å². The molecule has 9 nitrogen and oxygen atoms in total. The molecule has 4 rings (SSSR count). The predicted molar refractivity (Wildman–Crippen MR) is 130 cm³/mol. The van der Waals surface area contributed by atoms with E-state index in [2.05, 4.69) is 26.3 Å². The number of para-hydroxylation sites is 1. The third-order valence-electron chi connectivity index (χ3n) is 5.61. The fraction of sp³-hybridized carbons (Fsp3) is 0.160. The Hall–Kier alpha value is -4.53. The van der Waals surface area contributed by atoms with Crippen molar-refractivity contribution in [1.29, 1.82) is 5.41 Å². The molecule has 0 saturated carbocycles. The molecule has 0 atom stereocenters. The summed E-state index contributed by atoms with van der Waals surface area (Å²) < 4.78 is 2.20. The normalized spacial score (nSPS) is 11.3. The Balaban J connectivity index is 1.58. The molecule has 0 fully saturated rings. The molecule has 0 bridgehead atoms. The number of carbonyl (C=O) groups is 2. The molecule has 0 radical (unpaired) electrons. The molecule has 9 heteroatoms. The Labute approximate surface area is 195 Å². The van der Waals surface area contributed by atoms with E-state index in [9.17, 15) is 9.59 Å². The quantitative estimate of drug-likeness (QED) is 0.0790. The highest BCUT2D eigenvalue weighted by Crippen LogP contribution is 2.30. The number of aliphatic carboxylic acids is 1. The van der Waals surface area contributed by atoms with Gasteiger partial charge in [0.05, 0.1) is 0 Å². The highest BCUT2D eigenvalue weighted by Gasteiger charge is 2.13. The number of hydrogen-bond acceptors (Lipinski definition) is 4. The number of nitrogens with two attached hydrogens (primary N) is 1. The smallest absolute Gasteiger partial charge is 0.303 e. The third-order valence-corrected chi connectivity index (χ3v) is 5.61. The van der Waals surface area contributed by atoms with Gasteiger partial charge in [0.2, 0.25) is 0 Å². The molecule has 0 aliphatic carbocycles. The monoisotopic (exact) mass is 456 g/mol. The van der Waals surface area contributed by atoms with Crippen molar-refractivity contribution < 1.29 is 14.7 Å². The molecule has 4 aromatic rings. The average molecular weight is 457 g/mol. The van der Waals surface area contributed by atoms with Crippen molar-refractivity contribution in [1.82, 2.24) is 9.88 Å². The van der Waals surface area contributed by atoms with Crippen LogP contribution in [0, 0.1) is 5.41 Å². The third kappa shape index (κ3) is 4.78. The minimum atomic E-state index is -0.876. The maximum Gasteiger partial charge on any atom is 0.303 e. The minimum absolute atomic E-state index is 0.00180. The SMILES string of the molecule is N=C(N=NN)c1ccc2c(c1)c1ccccc1n2Cc1ccc(C(=O)NCCCC(=O)O)cc1. The van der Waals surface area contributed by atoms with Crippen LogP contribution >= 0.6 is 0 Å². The van der Waals surface area contributed by atoms with Gasteiger partial charge in [0.25, 0.3) is 5.91 Å². The van der Waals surface area contributed by atoms with Crippen LogP contribution in [0.4, 0.5) is 0 Å². The molecule has 0 unspecified atom stereocenters. The van der Waals surface area contributed by atoms with Crippen molar-refractivity contribution in [3.8, 4) is 0 Å². The number of nitrogens with one attached hydrogen (secondary N) is 2. The summed E-state index contributed by atoms with van der Waals surface area (Å²) in [6, 6.07) is 21.1. The summed E-state index contributed by atoms with van der Waals surface area (Å²) in [7, 11) is 0. The van der Waals surface area contributed by atoms with Gasteiger partial charge in [-0.05, 0) is 48.4 Å². The Morgan fingerprint density at radius 1 is 0.971 bits per heavy atom. The van der Waals surface area contributed by atoms with Crippen molar-refractivity contribution >= 4 is 39.5 Å². The van der Waals surface area contributed by atoms with Crippen LogP contribution in [0.1, 0.15) is 34.3 Å². The Morgan fingerprint density at radius 3 is 2.41 bits per heavy atom. The van der Waals surface area contributed by atoms with Crippen molar-refractivity contribution in [2.24, 2.45) is 16.2 Å². The molecular weight excluding hydrogens is 432 g/mol. The van der Waals surface area contributed by atoms with Crippen LogP contribution < -0.4 is 11.2 Å². The Kier molecular flexibility index (Phi) is 6.63. The van der Waals surface area contributed by atoms with E-state index in [0.29, 0.717) is 30.6 Å². The zero-order valence-corrected chi connectivity index (χ0v) is 18.4. The first-order valence-electron chi connectivity index (χ1n) is 10.8. The zero-order chi connectivity index (χ0) is 24.1. The van der Waals surface area contributed by atoms with E-state index in [1.165, 1.54) is 0 Å². The van der Waals surface area contributed by atoms with Crippen molar-refractivity contribution in [3.63, 3.8) is 0 Å². The lowest BCUT2D eigenvalue weighted by Crippen LogP contribution is -2.24. The summed E-state index contributed by atoms with van der Waals surface area (Å²) in [6.07, 6.45) is 0.418. The average Bonchev–Trinajstić information content (AvgIpc) is 3.15. The maximum absolute atomic E-state index is 12.3. The number of nitrogens with zero attached hydrogens (tertiary/aromatic N) is 3. The highest BCUT2D eigenvalue weighted by atomic mass is 16.4. The number of carboxylic acids is 1. The van der Waals surface area contributed by atoms with E-state index in [1.807, 2.05) is 48.5 Å². The number of rotatable bonds is 8. The van der Waals surface area contributed by atoms with E-state index in [4.69, 9.17) is 16.4 Å². The topological polar surface area (TPSA) is 146 Å². The first-order chi connectivity index (χ1) is 16.5. The number of carboxylic acid groups (broad SMARTS) is 1. The molecule has 34 heavy (non-hydrogen) atoms. The predicted octanol–water partition coefficient (Wildman–Crippen LogP) is 4.09. The number of amidine groups is 1. The second-order valence-electron chi connectivity index (χ2n) is 7.85. The van der Waals surface area contributed by atoms with E-state index in [-0.39, 0.29) is 18.2 Å². The fourth-order valence-corrected chi connectivity index (χ4v) is 3.97. The molecule has 5 N–H and O–H groups in total. The van der Waals surface area contributed by atoms with Crippen LogP contribution in [0.2, 0.25) is 0 Å². The van der Waals surface area contributed by atoms with Gasteiger partial charge in [-0.2, -0.15) is 0 Å². The lowest BCUT2D eigenvalue weighted by atomic mass is 10.1.